The third-order valence-electron chi connectivity index (χ3n) is 7.46. The van der Waals surface area contributed by atoms with Crippen molar-refractivity contribution in [3.63, 3.8) is 0 Å². The summed E-state index contributed by atoms with van der Waals surface area (Å²) in [5, 5.41) is 14.2. The highest BCUT2D eigenvalue weighted by Crippen LogP contribution is 2.29. The van der Waals surface area contributed by atoms with Crippen LogP contribution in [0.25, 0.3) is 10.9 Å². The molecular formula is C32H31N7O3. The molecule has 0 radical (unpaired) electrons. The number of hydrogen-bond acceptors (Lipinski definition) is 7. The van der Waals surface area contributed by atoms with Gasteiger partial charge in [0, 0.05) is 79.0 Å². The summed E-state index contributed by atoms with van der Waals surface area (Å²) < 4.78 is 1.69. The zero-order valence-corrected chi connectivity index (χ0v) is 23.4. The zero-order valence-electron chi connectivity index (χ0n) is 23.4. The molecule has 1 amide bonds. The van der Waals surface area contributed by atoms with E-state index in [1.165, 1.54) is 5.69 Å². The van der Waals surface area contributed by atoms with Crippen LogP contribution in [-0.4, -0.2) is 75.7 Å². The van der Waals surface area contributed by atoms with Gasteiger partial charge in [-0.05, 0) is 49.5 Å². The topological polar surface area (TPSA) is 119 Å². The van der Waals surface area contributed by atoms with Gasteiger partial charge in [-0.3, -0.25) is 14.6 Å². The predicted octanol–water partition coefficient (Wildman–Crippen LogP) is 4.59. The summed E-state index contributed by atoms with van der Waals surface area (Å²) in [5.74, 6) is -0.592. The van der Waals surface area contributed by atoms with Crippen LogP contribution in [0.2, 0.25) is 0 Å². The number of aromatic hydroxyl groups is 1. The monoisotopic (exact) mass is 561 g/mol. The molecule has 2 aromatic heterocycles. The average Bonchev–Trinajstić information content (AvgIpc) is 3.58. The van der Waals surface area contributed by atoms with Gasteiger partial charge in [-0.25, -0.2) is 4.98 Å². The Kier molecular flexibility index (Phi) is 7.28. The fourth-order valence-corrected chi connectivity index (χ4v) is 5.06. The van der Waals surface area contributed by atoms with Crippen molar-refractivity contribution >= 4 is 45.9 Å². The van der Waals surface area contributed by atoms with E-state index in [1.54, 1.807) is 72.8 Å². The summed E-state index contributed by atoms with van der Waals surface area (Å²) in [5.41, 5.74) is 4.76. The largest absolute Gasteiger partial charge is 0.494 e. The molecule has 1 fully saturated rings. The van der Waals surface area contributed by atoms with Gasteiger partial charge in [0.1, 0.15) is 5.69 Å². The Hall–Kier alpha value is -5.22. The van der Waals surface area contributed by atoms with Crippen molar-refractivity contribution in [1.82, 2.24) is 19.4 Å². The van der Waals surface area contributed by atoms with Crippen molar-refractivity contribution in [3.8, 4) is 5.88 Å². The first-order valence-corrected chi connectivity index (χ1v) is 13.7. The Labute approximate surface area is 242 Å². The van der Waals surface area contributed by atoms with Crippen LogP contribution < -0.4 is 10.2 Å². The molecule has 1 aliphatic rings. The third kappa shape index (κ3) is 5.65. The second-order valence-corrected chi connectivity index (χ2v) is 10.5. The van der Waals surface area contributed by atoms with Gasteiger partial charge in [-0.1, -0.05) is 24.3 Å². The van der Waals surface area contributed by atoms with Crippen LogP contribution >= 0.6 is 0 Å². The number of fused-ring (bicyclic) bond motifs is 1. The number of amides is 1. The Morgan fingerprint density at radius 2 is 1.74 bits per heavy atom. The van der Waals surface area contributed by atoms with Gasteiger partial charge in [0.25, 0.3) is 5.91 Å². The Morgan fingerprint density at radius 3 is 2.48 bits per heavy atom. The lowest BCUT2D eigenvalue weighted by Crippen LogP contribution is -2.44. The van der Waals surface area contributed by atoms with E-state index in [0.717, 1.165) is 37.3 Å². The minimum absolute atomic E-state index is 0.0216. The number of aryl methyl sites for hydroxylation is 1. The number of nitrogens with one attached hydrogen (secondary N) is 2. The highest BCUT2D eigenvalue weighted by molar-refractivity contribution is 6.13. The molecule has 5 aromatic rings. The average molecular weight is 562 g/mol. The second-order valence-electron chi connectivity index (χ2n) is 10.5. The van der Waals surface area contributed by atoms with E-state index >= 15 is 0 Å². The quantitative estimate of drug-likeness (QED) is 0.198. The molecule has 3 N–H and O–H groups in total. The lowest BCUT2D eigenvalue weighted by Gasteiger charge is -2.34. The van der Waals surface area contributed by atoms with Crippen molar-refractivity contribution in [2.75, 3.05) is 43.4 Å². The number of carbonyl (C=O) groups is 2. The number of ketones is 1. The highest BCUT2D eigenvalue weighted by Gasteiger charge is 2.16. The number of aromatic nitrogens is 3. The molecule has 0 bridgehead atoms. The zero-order chi connectivity index (χ0) is 29.2. The number of rotatable bonds is 7. The molecule has 42 heavy (non-hydrogen) atoms. The summed E-state index contributed by atoms with van der Waals surface area (Å²) >= 11 is 0. The Morgan fingerprint density at radius 1 is 0.976 bits per heavy atom. The number of aliphatic imine (C=N–C) groups is 1. The highest BCUT2D eigenvalue weighted by atomic mass is 16.3. The Bertz CT molecular complexity index is 1790. The molecule has 3 heterocycles. The van der Waals surface area contributed by atoms with E-state index in [4.69, 9.17) is 0 Å². The van der Waals surface area contributed by atoms with E-state index in [9.17, 15) is 14.7 Å². The molecule has 0 atom stereocenters. The maximum Gasteiger partial charge on any atom is 0.275 e. The first kappa shape index (κ1) is 27.0. The molecule has 0 spiro atoms. The second kappa shape index (κ2) is 11.3. The molecule has 0 aliphatic carbocycles. The van der Waals surface area contributed by atoms with Gasteiger partial charge in [0.05, 0.1) is 17.6 Å². The number of benzene rings is 3. The van der Waals surface area contributed by atoms with E-state index in [1.807, 2.05) is 12.1 Å². The standard InChI is InChI=1S/C32H31N7O3/c1-37-12-14-39(15-13-37)25-9-7-23(8-10-25)33-18-27-26-11-6-22(17-28(26)36-31(27)41)30(40)21-4-3-5-24(16-21)35-32(42)29-19-38(2)20-34-29/h3-11,16-20,36,41H,12-15H2,1-2H3,(H,35,42). The summed E-state index contributed by atoms with van der Waals surface area (Å²) in [7, 11) is 3.92. The molecule has 0 unspecified atom stereocenters. The molecule has 10 nitrogen and oxygen atoms in total. The summed E-state index contributed by atoms with van der Waals surface area (Å²) in [4.78, 5) is 42.1. The van der Waals surface area contributed by atoms with E-state index < -0.39 is 0 Å². The minimum Gasteiger partial charge on any atom is -0.494 e. The number of anilines is 2. The van der Waals surface area contributed by atoms with Crippen LogP contribution in [-0.2, 0) is 7.05 Å². The number of H-pyrrole nitrogens is 1. The van der Waals surface area contributed by atoms with Crippen LogP contribution in [0, 0.1) is 0 Å². The SMILES string of the molecule is CN1CCN(c2ccc(N=Cc3c(O)[nH]c4cc(C(=O)c5cccc(NC(=O)c6cn(C)cn6)c5)ccc34)cc2)CC1. The van der Waals surface area contributed by atoms with Crippen LogP contribution in [0.15, 0.2) is 84.2 Å². The number of likely N-dealkylation sites (N-methyl/N-ethyl adjacent to an activating group) is 1. The van der Waals surface area contributed by atoms with Crippen molar-refractivity contribution < 1.29 is 14.7 Å². The van der Waals surface area contributed by atoms with Gasteiger partial charge >= 0.3 is 0 Å². The maximum absolute atomic E-state index is 13.3. The van der Waals surface area contributed by atoms with Gasteiger partial charge < -0.3 is 29.8 Å². The molecule has 1 aliphatic heterocycles. The predicted molar refractivity (Wildman–Crippen MR) is 164 cm³/mol. The van der Waals surface area contributed by atoms with Crippen LogP contribution in [0.4, 0.5) is 17.1 Å². The molecule has 212 valence electrons. The molecule has 6 rings (SSSR count). The third-order valence-corrected chi connectivity index (χ3v) is 7.46. The summed E-state index contributed by atoms with van der Waals surface area (Å²) in [6.45, 7) is 4.09. The van der Waals surface area contributed by atoms with Crippen LogP contribution in [0.5, 0.6) is 5.88 Å². The minimum atomic E-state index is -0.358. The van der Waals surface area contributed by atoms with Crippen molar-refractivity contribution in [2.45, 2.75) is 0 Å². The van der Waals surface area contributed by atoms with Gasteiger partial charge in [-0.2, -0.15) is 0 Å². The molecule has 0 saturated carbocycles. The number of aromatic amines is 1. The molecular weight excluding hydrogens is 530 g/mol. The fourth-order valence-electron chi connectivity index (χ4n) is 5.06. The lowest BCUT2D eigenvalue weighted by atomic mass is 10.0. The van der Waals surface area contributed by atoms with E-state index in [2.05, 4.69) is 49.3 Å². The fraction of sp³-hybridized carbons (Fsp3) is 0.188. The first-order chi connectivity index (χ1) is 20.3. The van der Waals surface area contributed by atoms with Gasteiger partial charge in [0.2, 0.25) is 0 Å². The maximum atomic E-state index is 13.3. The number of imidazole rings is 1. The van der Waals surface area contributed by atoms with Crippen molar-refractivity contribution in [3.05, 3.63) is 102 Å². The first-order valence-electron chi connectivity index (χ1n) is 13.7. The lowest BCUT2D eigenvalue weighted by molar-refractivity contribution is 0.101. The van der Waals surface area contributed by atoms with Crippen LogP contribution in [0.1, 0.15) is 32.0 Å². The van der Waals surface area contributed by atoms with Crippen molar-refractivity contribution in [1.29, 1.82) is 0 Å². The molecule has 3 aromatic carbocycles. The number of hydrogen-bond donors (Lipinski definition) is 3. The van der Waals surface area contributed by atoms with E-state index in [0.29, 0.717) is 27.9 Å². The molecule has 1 saturated heterocycles. The Balaban J connectivity index is 1.17. The number of carbonyl (C=O) groups excluding carboxylic acids is 2. The number of piperazine rings is 1. The van der Waals surface area contributed by atoms with Gasteiger partial charge in [0.15, 0.2) is 11.7 Å². The molecule has 10 heteroatoms. The number of nitrogens with zero attached hydrogens (tertiary/aromatic N) is 5. The summed E-state index contributed by atoms with van der Waals surface area (Å²) in [6, 6.07) is 20.1. The summed E-state index contributed by atoms with van der Waals surface area (Å²) in [6.07, 6.45) is 4.80. The van der Waals surface area contributed by atoms with Gasteiger partial charge in [-0.15, -0.1) is 0 Å². The smallest absolute Gasteiger partial charge is 0.275 e. The normalized spacial score (nSPS) is 14.1. The van der Waals surface area contributed by atoms with Crippen molar-refractivity contribution in [2.24, 2.45) is 12.0 Å². The van der Waals surface area contributed by atoms with E-state index in [-0.39, 0.29) is 23.3 Å². The van der Waals surface area contributed by atoms with Crippen LogP contribution in [0.3, 0.4) is 0 Å².